The molecule has 0 heterocycles. The molecule has 0 spiro atoms. The second-order valence-corrected chi connectivity index (χ2v) is 7.59. The van der Waals surface area contributed by atoms with Gasteiger partial charge in [-0.25, -0.2) is 14.4 Å². The molecule has 0 aliphatic heterocycles. The average molecular weight is 472 g/mol. The molecule has 0 saturated heterocycles. The molecule has 2 rings (SSSR count). The van der Waals surface area contributed by atoms with Crippen LogP contribution in [0.1, 0.15) is 58.8 Å². The predicted octanol–water partition coefficient (Wildman–Crippen LogP) is 3.87. The number of nitrogens with one attached hydrogen (secondary N) is 1. The molecular formula is C25H29NO8. The summed E-state index contributed by atoms with van der Waals surface area (Å²) in [5, 5.41) is 2.51. The lowest BCUT2D eigenvalue weighted by atomic mass is 10.1. The topological polar surface area (TPSA) is 117 Å². The molecule has 0 atom stereocenters. The minimum Gasteiger partial charge on any atom is -0.493 e. The Kier molecular flexibility index (Phi) is 10.1. The minimum absolute atomic E-state index is 0.0690. The van der Waals surface area contributed by atoms with Crippen molar-refractivity contribution in [3.8, 4) is 5.75 Å². The van der Waals surface area contributed by atoms with Gasteiger partial charge in [0.25, 0.3) is 5.91 Å². The van der Waals surface area contributed by atoms with Gasteiger partial charge in [0, 0.05) is 5.69 Å². The van der Waals surface area contributed by atoms with Crippen molar-refractivity contribution in [3.63, 3.8) is 0 Å². The molecule has 9 nitrogen and oxygen atoms in total. The smallest absolute Gasteiger partial charge is 0.338 e. The number of hydrogen-bond donors (Lipinski definition) is 1. The van der Waals surface area contributed by atoms with E-state index in [1.807, 2.05) is 13.8 Å². The van der Waals surface area contributed by atoms with E-state index in [0.29, 0.717) is 18.3 Å². The maximum Gasteiger partial charge on any atom is 0.338 e. The molecule has 0 aliphatic rings. The summed E-state index contributed by atoms with van der Waals surface area (Å²) >= 11 is 0. The van der Waals surface area contributed by atoms with Gasteiger partial charge >= 0.3 is 17.9 Å². The Hall–Kier alpha value is -3.88. The molecule has 1 amide bonds. The molecule has 0 saturated carbocycles. The van der Waals surface area contributed by atoms with Crippen LogP contribution in [0.2, 0.25) is 0 Å². The minimum atomic E-state index is -0.682. The highest BCUT2D eigenvalue weighted by Gasteiger charge is 2.17. The fourth-order valence-corrected chi connectivity index (χ4v) is 2.73. The van der Waals surface area contributed by atoms with Gasteiger partial charge in [0.15, 0.2) is 6.61 Å². The molecule has 34 heavy (non-hydrogen) atoms. The standard InChI is InChI=1S/C25H29NO8/c1-5-31-24(29)18-11-19(25(30)32-6-2)13-20(12-18)26-22(27)15-34-23(28)17-7-9-21(10-8-17)33-14-16(3)4/h7-13,16H,5-6,14-15H2,1-4H3,(H,26,27). The van der Waals surface area contributed by atoms with Crippen LogP contribution in [0.15, 0.2) is 42.5 Å². The van der Waals surface area contributed by atoms with Gasteiger partial charge in [-0.3, -0.25) is 4.79 Å². The van der Waals surface area contributed by atoms with Crippen molar-refractivity contribution in [1.82, 2.24) is 0 Å². The summed E-state index contributed by atoms with van der Waals surface area (Å²) in [6, 6.07) is 10.4. The fourth-order valence-electron chi connectivity index (χ4n) is 2.73. The fraction of sp³-hybridized carbons (Fsp3) is 0.360. The molecule has 9 heteroatoms. The third-order valence-corrected chi connectivity index (χ3v) is 4.25. The van der Waals surface area contributed by atoms with E-state index < -0.39 is 30.4 Å². The van der Waals surface area contributed by atoms with Crippen molar-refractivity contribution in [1.29, 1.82) is 0 Å². The van der Waals surface area contributed by atoms with E-state index in [1.165, 1.54) is 18.2 Å². The summed E-state index contributed by atoms with van der Waals surface area (Å²) < 4.78 is 20.6. The summed E-state index contributed by atoms with van der Waals surface area (Å²) in [4.78, 5) is 48.8. The second kappa shape index (κ2) is 13.0. The highest BCUT2D eigenvalue weighted by molar-refractivity contribution is 6.00. The van der Waals surface area contributed by atoms with Crippen LogP contribution in [0.25, 0.3) is 0 Å². The van der Waals surface area contributed by atoms with E-state index >= 15 is 0 Å². The third kappa shape index (κ3) is 8.23. The molecule has 0 fully saturated rings. The molecule has 2 aromatic rings. The summed E-state index contributed by atoms with van der Waals surface area (Å²) in [7, 11) is 0. The van der Waals surface area contributed by atoms with Crippen molar-refractivity contribution in [2.45, 2.75) is 27.7 Å². The first kappa shape index (κ1) is 26.4. The van der Waals surface area contributed by atoms with Crippen molar-refractivity contribution in [2.24, 2.45) is 5.92 Å². The highest BCUT2D eigenvalue weighted by atomic mass is 16.5. The molecule has 0 bridgehead atoms. The van der Waals surface area contributed by atoms with Gasteiger partial charge in [-0.2, -0.15) is 0 Å². The number of esters is 3. The van der Waals surface area contributed by atoms with E-state index in [0.717, 1.165) is 0 Å². The van der Waals surface area contributed by atoms with Gasteiger partial charge in [0.05, 0.1) is 36.5 Å². The van der Waals surface area contributed by atoms with Gasteiger partial charge in [-0.1, -0.05) is 13.8 Å². The highest BCUT2D eigenvalue weighted by Crippen LogP contribution is 2.18. The van der Waals surface area contributed by atoms with Crippen LogP contribution in [0.3, 0.4) is 0 Å². The lowest BCUT2D eigenvalue weighted by molar-refractivity contribution is -0.119. The van der Waals surface area contributed by atoms with Gasteiger partial charge in [-0.05, 0) is 62.2 Å². The van der Waals surface area contributed by atoms with Gasteiger partial charge in [0.2, 0.25) is 0 Å². The largest absolute Gasteiger partial charge is 0.493 e. The van der Waals surface area contributed by atoms with E-state index in [4.69, 9.17) is 18.9 Å². The number of rotatable bonds is 11. The molecule has 0 unspecified atom stereocenters. The summed E-state index contributed by atoms with van der Waals surface area (Å²) in [5.41, 5.74) is 0.554. The van der Waals surface area contributed by atoms with Gasteiger partial charge in [0.1, 0.15) is 5.75 Å². The van der Waals surface area contributed by atoms with Crippen LogP contribution < -0.4 is 10.1 Å². The van der Waals surface area contributed by atoms with Gasteiger partial charge in [-0.15, -0.1) is 0 Å². The van der Waals surface area contributed by atoms with Crippen LogP contribution in [-0.2, 0) is 19.0 Å². The zero-order valence-corrected chi connectivity index (χ0v) is 19.7. The zero-order chi connectivity index (χ0) is 25.1. The Morgan fingerprint density at radius 1 is 0.765 bits per heavy atom. The number of hydrogen-bond acceptors (Lipinski definition) is 8. The van der Waals surface area contributed by atoms with Crippen molar-refractivity contribution < 1.29 is 38.1 Å². The normalized spacial score (nSPS) is 10.4. The molecule has 2 aromatic carbocycles. The van der Waals surface area contributed by atoms with Crippen LogP contribution in [-0.4, -0.2) is 50.2 Å². The third-order valence-electron chi connectivity index (χ3n) is 4.25. The van der Waals surface area contributed by atoms with Crippen molar-refractivity contribution in [3.05, 3.63) is 59.2 Å². The Labute approximate surface area is 198 Å². The maximum absolute atomic E-state index is 12.3. The Morgan fingerprint density at radius 3 is 1.79 bits per heavy atom. The first-order valence-electron chi connectivity index (χ1n) is 10.9. The van der Waals surface area contributed by atoms with E-state index in [1.54, 1.807) is 38.1 Å². The Morgan fingerprint density at radius 2 is 1.29 bits per heavy atom. The van der Waals surface area contributed by atoms with Crippen LogP contribution >= 0.6 is 0 Å². The summed E-state index contributed by atoms with van der Waals surface area (Å²) in [5.74, 6) is -1.65. The SMILES string of the molecule is CCOC(=O)c1cc(NC(=O)COC(=O)c2ccc(OCC(C)C)cc2)cc(C(=O)OCC)c1. The Balaban J connectivity index is 2.02. The van der Waals surface area contributed by atoms with Crippen molar-refractivity contribution in [2.75, 3.05) is 31.7 Å². The predicted molar refractivity (Wildman–Crippen MR) is 124 cm³/mol. The van der Waals surface area contributed by atoms with Gasteiger partial charge < -0.3 is 24.3 Å². The van der Waals surface area contributed by atoms with Crippen molar-refractivity contribution >= 4 is 29.5 Å². The van der Waals surface area contributed by atoms with Crippen LogP contribution in [0.5, 0.6) is 5.75 Å². The summed E-state index contributed by atoms with van der Waals surface area (Å²) in [6.45, 7) is 7.63. The first-order valence-corrected chi connectivity index (χ1v) is 10.9. The van der Waals surface area contributed by atoms with E-state index in [2.05, 4.69) is 5.32 Å². The van der Waals surface area contributed by atoms with E-state index in [-0.39, 0.29) is 35.6 Å². The van der Waals surface area contributed by atoms with E-state index in [9.17, 15) is 19.2 Å². The molecule has 1 N–H and O–H groups in total. The second-order valence-electron chi connectivity index (χ2n) is 7.59. The monoisotopic (exact) mass is 471 g/mol. The zero-order valence-electron chi connectivity index (χ0n) is 19.7. The first-order chi connectivity index (χ1) is 16.2. The average Bonchev–Trinajstić information content (AvgIpc) is 2.81. The molecular weight excluding hydrogens is 442 g/mol. The lowest BCUT2D eigenvalue weighted by Crippen LogP contribution is -2.21. The maximum atomic E-state index is 12.3. The molecule has 182 valence electrons. The lowest BCUT2D eigenvalue weighted by Gasteiger charge is -2.11. The quantitative estimate of drug-likeness (QED) is 0.388. The number of carbonyl (C=O) groups excluding carboxylic acids is 4. The molecule has 0 aliphatic carbocycles. The van der Waals surface area contributed by atoms with Crippen LogP contribution in [0.4, 0.5) is 5.69 Å². The number of benzene rings is 2. The van der Waals surface area contributed by atoms with Crippen LogP contribution in [0, 0.1) is 5.92 Å². The number of amides is 1. The molecule has 0 radical (unpaired) electrons. The summed E-state index contributed by atoms with van der Waals surface area (Å²) in [6.07, 6.45) is 0. The molecule has 0 aromatic heterocycles. The number of carbonyl (C=O) groups is 4. The number of ether oxygens (including phenoxy) is 4. The Bertz CT molecular complexity index is 978. The number of anilines is 1.